The molecule has 2 amide bonds. The normalized spacial score (nSPS) is 10.9. The maximum atomic E-state index is 13.4. The SMILES string of the molecule is CC(C)N(CC(=O)Nc1nc(-c2ccc(F)cc2)cn1-c1ccccc1)C(=O)Cc1ccc(Cl)cc1. The Morgan fingerprint density at radius 2 is 1.67 bits per heavy atom. The summed E-state index contributed by atoms with van der Waals surface area (Å²) in [4.78, 5) is 32.2. The Kier molecular flexibility index (Phi) is 7.80. The molecule has 8 heteroatoms. The molecule has 4 aromatic rings. The van der Waals surface area contributed by atoms with Gasteiger partial charge in [-0.05, 0) is 67.9 Å². The number of anilines is 1. The Morgan fingerprint density at radius 3 is 2.31 bits per heavy atom. The van der Waals surface area contributed by atoms with Gasteiger partial charge < -0.3 is 4.90 Å². The molecule has 1 heterocycles. The number of carbonyl (C=O) groups is 2. The van der Waals surface area contributed by atoms with Crippen LogP contribution in [0.2, 0.25) is 5.02 Å². The van der Waals surface area contributed by atoms with Crippen molar-refractivity contribution in [1.82, 2.24) is 14.5 Å². The molecule has 0 bridgehead atoms. The number of hydrogen-bond acceptors (Lipinski definition) is 3. The molecule has 0 atom stereocenters. The van der Waals surface area contributed by atoms with Gasteiger partial charge in [-0.2, -0.15) is 0 Å². The summed E-state index contributed by atoms with van der Waals surface area (Å²) in [7, 11) is 0. The van der Waals surface area contributed by atoms with Crippen molar-refractivity contribution in [2.45, 2.75) is 26.3 Å². The average Bonchev–Trinajstić information content (AvgIpc) is 3.28. The number of para-hydroxylation sites is 1. The second kappa shape index (κ2) is 11.2. The molecule has 1 N–H and O–H groups in total. The lowest BCUT2D eigenvalue weighted by atomic mass is 10.1. The molecule has 1 aromatic heterocycles. The van der Waals surface area contributed by atoms with E-state index in [1.54, 1.807) is 47.2 Å². The van der Waals surface area contributed by atoms with Gasteiger partial charge >= 0.3 is 0 Å². The summed E-state index contributed by atoms with van der Waals surface area (Å²) in [5.41, 5.74) is 2.91. The third-order valence-electron chi connectivity index (χ3n) is 5.66. The van der Waals surface area contributed by atoms with E-state index in [2.05, 4.69) is 10.3 Å². The van der Waals surface area contributed by atoms with Gasteiger partial charge in [0.2, 0.25) is 17.8 Å². The number of aromatic nitrogens is 2. The van der Waals surface area contributed by atoms with Gasteiger partial charge in [-0.15, -0.1) is 0 Å². The predicted molar refractivity (Wildman–Crippen MR) is 140 cm³/mol. The summed E-state index contributed by atoms with van der Waals surface area (Å²) >= 11 is 5.94. The molecule has 0 fully saturated rings. The Labute approximate surface area is 214 Å². The van der Waals surface area contributed by atoms with Crippen LogP contribution in [0.25, 0.3) is 16.9 Å². The summed E-state index contributed by atoms with van der Waals surface area (Å²) < 4.78 is 15.2. The van der Waals surface area contributed by atoms with Crippen molar-refractivity contribution in [1.29, 1.82) is 0 Å². The number of hydrogen-bond donors (Lipinski definition) is 1. The zero-order chi connectivity index (χ0) is 25.7. The van der Waals surface area contributed by atoms with E-state index in [0.717, 1.165) is 11.3 Å². The van der Waals surface area contributed by atoms with Gasteiger partial charge in [-0.1, -0.05) is 41.9 Å². The number of imidazole rings is 1. The van der Waals surface area contributed by atoms with Crippen LogP contribution >= 0.6 is 11.6 Å². The number of carbonyl (C=O) groups excluding carboxylic acids is 2. The van der Waals surface area contributed by atoms with E-state index in [9.17, 15) is 14.0 Å². The summed E-state index contributed by atoms with van der Waals surface area (Å²) in [6, 6.07) is 22.3. The fourth-order valence-electron chi connectivity index (χ4n) is 3.77. The molecule has 36 heavy (non-hydrogen) atoms. The summed E-state index contributed by atoms with van der Waals surface area (Å²) in [5.74, 6) is -0.575. The topological polar surface area (TPSA) is 67.2 Å². The molecule has 0 unspecified atom stereocenters. The number of halogens is 2. The number of nitrogens with one attached hydrogen (secondary N) is 1. The molecule has 0 spiro atoms. The van der Waals surface area contributed by atoms with Gasteiger partial charge in [0, 0.05) is 28.5 Å². The number of rotatable bonds is 8. The van der Waals surface area contributed by atoms with Crippen molar-refractivity contribution in [3.8, 4) is 16.9 Å². The fourth-order valence-corrected chi connectivity index (χ4v) is 3.90. The summed E-state index contributed by atoms with van der Waals surface area (Å²) in [5, 5.41) is 3.45. The second-order valence-corrected chi connectivity index (χ2v) is 9.07. The van der Waals surface area contributed by atoms with Crippen LogP contribution in [0.5, 0.6) is 0 Å². The molecule has 6 nitrogen and oxygen atoms in total. The van der Waals surface area contributed by atoms with Gasteiger partial charge in [-0.25, -0.2) is 9.37 Å². The molecule has 0 saturated heterocycles. The van der Waals surface area contributed by atoms with Crippen LogP contribution in [-0.2, 0) is 16.0 Å². The van der Waals surface area contributed by atoms with E-state index in [-0.39, 0.29) is 36.6 Å². The molecule has 0 aliphatic heterocycles. The van der Waals surface area contributed by atoms with Crippen molar-refractivity contribution < 1.29 is 14.0 Å². The zero-order valence-corrected chi connectivity index (χ0v) is 20.7. The van der Waals surface area contributed by atoms with Crippen molar-refractivity contribution in [3.05, 3.63) is 101 Å². The van der Waals surface area contributed by atoms with E-state index < -0.39 is 0 Å². The first-order valence-electron chi connectivity index (χ1n) is 11.5. The second-order valence-electron chi connectivity index (χ2n) is 8.63. The molecular formula is C28H26ClFN4O2. The van der Waals surface area contributed by atoms with E-state index in [1.807, 2.05) is 44.2 Å². The lowest BCUT2D eigenvalue weighted by Gasteiger charge is -2.26. The number of amides is 2. The first kappa shape index (κ1) is 25.1. The van der Waals surface area contributed by atoms with E-state index in [1.165, 1.54) is 17.0 Å². The van der Waals surface area contributed by atoms with Crippen molar-refractivity contribution in [2.75, 3.05) is 11.9 Å². The molecule has 0 radical (unpaired) electrons. The molecule has 4 rings (SSSR count). The van der Waals surface area contributed by atoms with Gasteiger partial charge in [0.1, 0.15) is 12.4 Å². The monoisotopic (exact) mass is 504 g/mol. The minimum Gasteiger partial charge on any atom is -0.331 e. The molecule has 0 aliphatic rings. The van der Waals surface area contributed by atoms with Crippen LogP contribution < -0.4 is 5.32 Å². The standard InChI is InChI=1S/C28H26ClFN4O2/c1-19(2)33(27(36)16-20-8-12-22(29)13-9-20)18-26(35)32-28-31-25(21-10-14-23(30)15-11-21)17-34(28)24-6-4-3-5-7-24/h3-15,17,19H,16,18H2,1-2H3,(H,31,32,35). The first-order valence-corrected chi connectivity index (χ1v) is 11.9. The van der Waals surface area contributed by atoms with Crippen LogP contribution in [0.1, 0.15) is 19.4 Å². The Hall–Kier alpha value is -3.97. The Morgan fingerprint density at radius 1 is 1.00 bits per heavy atom. The quantitative estimate of drug-likeness (QED) is 0.332. The maximum Gasteiger partial charge on any atom is 0.246 e. The number of benzene rings is 3. The molecule has 3 aromatic carbocycles. The average molecular weight is 505 g/mol. The summed E-state index contributed by atoms with van der Waals surface area (Å²) in [6.07, 6.45) is 1.94. The minimum atomic E-state index is -0.374. The van der Waals surface area contributed by atoms with Crippen molar-refractivity contribution >= 4 is 29.4 Å². The van der Waals surface area contributed by atoms with Crippen LogP contribution in [0.3, 0.4) is 0 Å². The van der Waals surface area contributed by atoms with Crippen LogP contribution in [0.15, 0.2) is 85.1 Å². The summed E-state index contributed by atoms with van der Waals surface area (Å²) in [6.45, 7) is 3.60. The number of nitrogens with zero attached hydrogens (tertiary/aromatic N) is 3. The minimum absolute atomic E-state index is 0.127. The third kappa shape index (κ3) is 6.17. The zero-order valence-electron chi connectivity index (χ0n) is 20.0. The Bertz CT molecular complexity index is 1340. The van der Waals surface area contributed by atoms with Crippen molar-refractivity contribution in [2.24, 2.45) is 0 Å². The smallest absolute Gasteiger partial charge is 0.246 e. The highest BCUT2D eigenvalue weighted by Gasteiger charge is 2.22. The van der Waals surface area contributed by atoms with E-state index in [0.29, 0.717) is 22.2 Å². The van der Waals surface area contributed by atoms with Gasteiger partial charge in [0.25, 0.3) is 0 Å². The predicted octanol–water partition coefficient (Wildman–Crippen LogP) is 5.75. The molecular weight excluding hydrogens is 479 g/mol. The lowest BCUT2D eigenvalue weighted by Crippen LogP contribution is -2.43. The highest BCUT2D eigenvalue weighted by atomic mass is 35.5. The van der Waals surface area contributed by atoms with Gasteiger partial charge in [0.05, 0.1) is 12.1 Å². The van der Waals surface area contributed by atoms with Crippen LogP contribution in [0.4, 0.5) is 10.3 Å². The van der Waals surface area contributed by atoms with Gasteiger partial charge in [0.15, 0.2) is 0 Å². The molecule has 0 saturated carbocycles. The highest BCUT2D eigenvalue weighted by molar-refractivity contribution is 6.30. The van der Waals surface area contributed by atoms with Crippen LogP contribution in [-0.4, -0.2) is 38.9 Å². The highest BCUT2D eigenvalue weighted by Crippen LogP contribution is 2.24. The molecule has 0 aliphatic carbocycles. The molecule has 184 valence electrons. The maximum absolute atomic E-state index is 13.4. The largest absolute Gasteiger partial charge is 0.331 e. The fraction of sp³-hybridized carbons (Fsp3) is 0.179. The van der Waals surface area contributed by atoms with Crippen LogP contribution in [0, 0.1) is 5.82 Å². The van der Waals surface area contributed by atoms with E-state index >= 15 is 0 Å². The van der Waals surface area contributed by atoms with Crippen molar-refractivity contribution in [3.63, 3.8) is 0 Å². The third-order valence-corrected chi connectivity index (χ3v) is 5.91. The lowest BCUT2D eigenvalue weighted by molar-refractivity contribution is -0.135. The first-order chi connectivity index (χ1) is 17.3. The Balaban J connectivity index is 1.55. The van der Waals surface area contributed by atoms with Gasteiger partial charge in [-0.3, -0.25) is 19.5 Å². The van der Waals surface area contributed by atoms with E-state index in [4.69, 9.17) is 11.6 Å².